The number of fused-ring (bicyclic) bond motifs is 3. The van der Waals surface area contributed by atoms with Crippen LogP contribution in [-0.4, -0.2) is 9.41 Å². The van der Waals surface area contributed by atoms with Gasteiger partial charge in [0.15, 0.2) is 0 Å². The SMILES string of the molecule is O=C1OI(=O)(O)c2ccc3ccccc3c21. The van der Waals surface area contributed by atoms with Crippen LogP contribution in [0.2, 0.25) is 0 Å². The van der Waals surface area contributed by atoms with E-state index >= 15 is 0 Å². The zero-order valence-corrected chi connectivity index (χ0v) is 10.2. The van der Waals surface area contributed by atoms with E-state index in [1.54, 1.807) is 18.2 Å². The van der Waals surface area contributed by atoms with E-state index in [0.29, 0.717) is 5.39 Å². The molecule has 4 nitrogen and oxygen atoms in total. The topological polar surface area (TPSA) is 63.6 Å². The molecule has 1 aliphatic heterocycles. The predicted molar refractivity (Wildman–Crippen MR) is 65.0 cm³/mol. The molecule has 0 radical (unpaired) electrons. The number of hydrogen-bond acceptors (Lipinski definition) is 3. The molecule has 1 aliphatic rings. The van der Waals surface area contributed by atoms with Crippen LogP contribution in [0.1, 0.15) is 10.4 Å². The van der Waals surface area contributed by atoms with Gasteiger partial charge in [0.1, 0.15) is 0 Å². The van der Waals surface area contributed by atoms with E-state index in [-0.39, 0.29) is 9.13 Å². The fourth-order valence-electron chi connectivity index (χ4n) is 1.83. The molecule has 1 heterocycles. The van der Waals surface area contributed by atoms with Gasteiger partial charge in [-0.25, -0.2) is 0 Å². The van der Waals surface area contributed by atoms with Gasteiger partial charge in [-0.2, -0.15) is 0 Å². The maximum absolute atomic E-state index is 11.7. The number of benzene rings is 2. The van der Waals surface area contributed by atoms with E-state index in [4.69, 9.17) is 0 Å². The number of halogens is 1. The molecule has 0 saturated carbocycles. The van der Waals surface area contributed by atoms with E-state index < -0.39 is 25.2 Å². The molecule has 0 spiro atoms. The van der Waals surface area contributed by atoms with Gasteiger partial charge in [0.2, 0.25) is 0 Å². The third-order valence-electron chi connectivity index (χ3n) is 2.51. The van der Waals surface area contributed by atoms with Crippen molar-refractivity contribution in [3.05, 3.63) is 45.5 Å². The summed E-state index contributed by atoms with van der Waals surface area (Å²) in [6.45, 7) is 0. The number of rotatable bonds is 0. The van der Waals surface area contributed by atoms with Crippen LogP contribution >= 0.6 is 19.3 Å². The number of hydrogen-bond donors (Lipinski definition) is 1. The van der Waals surface area contributed by atoms with E-state index in [9.17, 15) is 11.3 Å². The van der Waals surface area contributed by atoms with Gasteiger partial charge in [-0.05, 0) is 0 Å². The van der Waals surface area contributed by atoms with Crippen LogP contribution in [-0.2, 0) is 6.14 Å². The summed E-state index contributed by atoms with van der Waals surface area (Å²) < 4.78 is 26.0. The Balaban J connectivity index is 2.49. The van der Waals surface area contributed by atoms with Crippen molar-refractivity contribution in [1.82, 2.24) is 0 Å². The van der Waals surface area contributed by atoms with Crippen molar-refractivity contribution in [3.8, 4) is 0 Å². The molecule has 0 bridgehead atoms. The molecule has 5 heteroatoms. The minimum atomic E-state index is -4.68. The van der Waals surface area contributed by atoms with E-state index in [0.717, 1.165) is 5.39 Å². The number of carbonyl (C=O) groups is 1. The zero-order chi connectivity index (χ0) is 11.3. The average Bonchev–Trinajstić information content (AvgIpc) is 2.49. The Morgan fingerprint density at radius 3 is 2.69 bits per heavy atom. The Morgan fingerprint density at radius 1 is 1.12 bits per heavy atom. The molecule has 1 unspecified atom stereocenters. The molecule has 16 heavy (non-hydrogen) atoms. The normalized spacial score (nSPS) is 27.2. The van der Waals surface area contributed by atoms with Gasteiger partial charge >= 0.3 is 95.9 Å². The van der Waals surface area contributed by atoms with Crippen LogP contribution in [0.4, 0.5) is 0 Å². The standard InChI is InChI=1S/C11H7IO4/c13-11-10-8-4-2-1-3-7(8)5-6-9(10)12(14,15)16-11/h1-6H,(H,14,15). The van der Waals surface area contributed by atoms with Gasteiger partial charge in [-0.3, -0.25) is 0 Å². The molecular formula is C11H7IO4. The molecule has 0 aliphatic carbocycles. The first-order chi connectivity index (χ1) is 7.59. The molecular weight excluding hydrogens is 323 g/mol. The second-order valence-electron chi connectivity index (χ2n) is 3.45. The minimum absolute atomic E-state index is 0.163. The first-order valence-electron chi connectivity index (χ1n) is 4.56. The first kappa shape index (κ1) is 9.86. The fourth-order valence-corrected chi connectivity index (χ4v) is 4.65. The summed E-state index contributed by atoms with van der Waals surface area (Å²) in [7, 11) is 0. The molecule has 1 atom stereocenters. The van der Waals surface area contributed by atoms with Crippen LogP contribution < -0.4 is 0 Å². The molecule has 1 N–H and O–H groups in total. The molecule has 2 aromatic rings. The number of carbonyl (C=O) groups excluding carboxylic acids is 1. The quantitative estimate of drug-likeness (QED) is 0.754. The van der Waals surface area contributed by atoms with Crippen molar-refractivity contribution in [1.29, 1.82) is 0 Å². The van der Waals surface area contributed by atoms with Crippen molar-refractivity contribution in [2.45, 2.75) is 0 Å². The van der Waals surface area contributed by atoms with Crippen LogP contribution in [0, 0.1) is 3.57 Å². The summed E-state index contributed by atoms with van der Waals surface area (Å²) in [6, 6.07) is 10.5. The summed E-state index contributed by atoms with van der Waals surface area (Å²) in [5.41, 5.74) is 0.243. The monoisotopic (exact) mass is 330 g/mol. The van der Waals surface area contributed by atoms with E-state index in [1.165, 1.54) is 6.07 Å². The summed E-state index contributed by atoms with van der Waals surface area (Å²) in [5.74, 6) is -0.694. The summed E-state index contributed by atoms with van der Waals surface area (Å²) in [5, 5.41) is 1.53. The summed E-state index contributed by atoms with van der Waals surface area (Å²) in [6.07, 6.45) is 0. The van der Waals surface area contributed by atoms with Gasteiger partial charge in [0.05, 0.1) is 0 Å². The Bertz CT molecular complexity index is 662. The average molecular weight is 330 g/mol. The fraction of sp³-hybridized carbons (Fsp3) is 0. The molecule has 0 aromatic heterocycles. The van der Waals surface area contributed by atoms with Crippen molar-refractivity contribution >= 4 is 36.0 Å². The summed E-state index contributed by atoms with van der Waals surface area (Å²) >= 11 is -4.68. The molecule has 2 aromatic carbocycles. The summed E-state index contributed by atoms with van der Waals surface area (Å²) in [4.78, 5) is 11.6. The second-order valence-corrected chi connectivity index (χ2v) is 7.56. The zero-order valence-electron chi connectivity index (χ0n) is 8.01. The van der Waals surface area contributed by atoms with Crippen LogP contribution in [0.5, 0.6) is 0 Å². The van der Waals surface area contributed by atoms with E-state index in [2.05, 4.69) is 3.07 Å². The molecule has 0 fully saturated rings. The Kier molecular flexibility index (Phi) is 1.90. The maximum atomic E-state index is 11.7. The van der Waals surface area contributed by atoms with Crippen LogP contribution in [0.15, 0.2) is 36.4 Å². The molecule has 82 valence electrons. The van der Waals surface area contributed by atoms with Gasteiger partial charge in [-0.1, -0.05) is 0 Å². The third-order valence-corrected chi connectivity index (χ3v) is 5.88. The van der Waals surface area contributed by atoms with Crippen LogP contribution in [0.3, 0.4) is 0 Å². The van der Waals surface area contributed by atoms with Crippen molar-refractivity contribution in [2.75, 3.05) is 0 Å². The van der Waals surface area contributed by atoms with Crippen molar-refractivity contribution in [3.63, 3.8) is 0 Å². The molecule has 0 saturated heterocycles. The Morgan fingerprint density at radius 2 is 1.88 bits per heavy atom. The third kappa shape index (κ3) is 1.21. The van der Waals surface area contributed by atoms with Gasteiger partial charge in [-0.15, -0.1) is 0 Å². The molecule has 3 rings (SSSR count). The Hall–Kier alpha value is -1.34. The van der Waals surface area contributed by atoms with Crippen molar-refractivity contribution < 1.29 is 14.4 Å². The van der Waals surface area contributed by atoms with Gasteiger partial charge in [0.25, 0.3) is 0 Å². The van der Waals surface area contributed by atoms with Gasteiger partial charge in [0, 0.05) is 0 Å². The Labute approximate surface area is 95.8 Å². The first-order valence-corrected chi connectivity index (χ1v) is 8.37. The predicted octanol–water partition coefficient (Wildman–Crippen LogP) is 2.39. The van der Waals surface area contributed by atoms with Gasteiger partial charge < -0.3 is 0 Å². The molecule has 0 amide bonds. The van der Waals surface area contributed by atoms with Crippen LogP contribution in [0.25, 0.3) is 10.8 Å². The van der Waals surface area contributed by atoms with Crippen molar-refractivity contribution in [2.24, 2.45) is 0 Å². The second kappa shape index (κ2) is 3.08. The van der Waals surface area contributed by atoms with E-state index in [1.807, 2.05) is 12.1 Å².